The van der Waals surface area contributed by atoms with E-state index in [9.17, 15) is 26.3 Å². The third kappa shape index (κ3) is 3.60. The summed E-state index contributed by atoms with van der Waals surface area (Å²) >= 11 is 0. The summed E-state index contributed by atoms with van der Waals surface area (Å²) in [4.78, 5) is 0. The predicted molar refractivity (Wildman–Crippen MR) is 92.6 cm³/mol. The first-order valence-corrected chi connectivity index (χ1v) is 11.6. The van der Waals surface area contributed by atoms with E-state index < -0.39 is 49.4 Å². The quantitative estimate of drug-likeness (QED) is 0.297. The first-order valence-electron chi connectivity index (χ1n) is 7.45. The van der Waals surface area contributed by atoms with Crippen LogP contribution < -0.4 is 10.5 Å². The molecule has 3 atom stereocenters. The van der Waals surface area contributed by atoms with Gasteiger partial charge in [-0.25, -0.2) is 21.8 Å². The highest BCUT2D eigenvalue weighted by Crippen LogP contribution is 2.42. The summed E-state index contributed by atoms with van der Waals surface area (Å²) in [5.41, 5.74) is 0.0283. The maximum Gasteiger partial charge on any atom is 0.336 e. The van der Waals surface area contributed by atoms with Gasteiger partial charge in [-0.05, 0) is 12.6 Å². The lowest BCUT2D eigenvalue weighted by Crippen LogP contribution is -2.59. The second-order valence-corrected chi connectivity index (χ2v) is 11.1. The summed E-state index contributed by atoms with van der Waals surface area (Å²) in [6.45, 7) is 1.70. The smallest absolute Gasteiger partial charge is 0.336 e. The molecule has 0 aromatic heterocycles. The van der Waals surface area contributed by atoms with Crippen LogP contribution in [0.2, 0.25) is 0 Å². The van der Waals surface area contributed by atoms with Gasteiger partial charge in [0.25, 0.3) is 0 Å². The molecule has 0 aromatic rings. The topological polar surface area (TPSA) is 156 Å². The molecule has 0 aromatic carbocycles. The summed E-state index contributed by atoms with van der Waals surface area (Å²) in [6, 6.07) is -0.744. The SMILES string of the molecule is CCNC1C[N+]([O-])(CCCOC)S(=O)(=O)C2=C1C=C(S(N)(=O)=O)S2=O. The standard InChI is InChI=1S/C12H21N3O7S3/c1-3-14-10-8-15(16,5-4-6-22-2)25(20,21)12-9(10)7-11(23(12)17)24(13,18)19/h7,10,14H,3-6,8H2,1-2H3,(H2,13,18,19). The summed E-state index contributed by atoms with van der Waals surface area (Å²) in [7, 11) is -10.1. The summed E-state index contributed by atoms with van der Waals surface area (Å²) in [5.74, 6) is 0. The van der Waals surface area contributed by atoms with Crippen molar-refractivity contribution in [2.75, 3.05) is 33.4 Å². The largest absolute Gasteiger partial charge is 0.616 e. The van der Waals surface area contributed by atoms with Gasteiger partial charge < -0.3 is 15.3 Å². The maximum atomic E-state index is 13.1. The minimum Gasteiger partial charge on any atom is -0.616 e. The minimum atomic E-state index is -4.58. The molecule has 3 N–H and O–H groups in total. The number of nitrogens with zero attached hydrogens (tertiary/aromatic N) is 1. The van der Waals surface area contributed by atoms with Crippen molar-refractivity contribution in [1.82, 2.24) is 5.32 Å². The van der Waals surface area contributed by atoms with E-state index in [1.165, 1.54) is 7.11 Å². The van der Waals surface area contributed by atoms with Crippen molar-refractivity contribution >= 4 is 30.8 Å². The Labute approximate surface area is 149 Å². The Bertz CT molecular complexity index is 847. The Morgan fingerprint density at radius 1 is 1.52 bits per heavy atom. The Morgan fingerprint density at radius 2 is 2.16 bits per heavy atom. The van der Waals surface area contributed by atoms with Crippen LogP contribution in [0.15, 0.2) is 20.1 Å². The second kappa shape index (κ2) is 7.15. The van der Waals surface area contributed by atoms with E-state index in [1.807, 2.05) is 0 Å². The number of primary sulfonamides is 1. The van der Waals surface area contributed by atoms with Gasteiger partial charge >= 0.3 is 10.0 Å². The van der Waals surface area contributed by atoms with E-state index in [0.29, 0.717) is 6.54 Å². The fraction of sp³-hybridized carbons (Fsp3) is 0.667. The van der Waals surface area contributed by atoms with E-state index in [-0.39, 0.29) is 31.7 Å². The number of nitrogens with two attached hydrogens (primary N) is 1. The molecule has 0 aliphatic carbocycles. The number of quaternary nitrogens is 1. The number of methoxy groups -OCH3 is 1. The van der Waals surface area contributed by atoms with Crippen molar-refractivity contribution in [1.29, 1.82) is 0 Å². The average molecular weight is 416 g/mol. The van der Waals surface area contributed by atoms with Gasteiger partial charge in [-0.1, -0.05) is 6.92 Å². The van der Waals surface area contributed by atoms with Crippen LogP contribution in [0.5, 0.6) is 0 Å². The van der Waals surface area contributed by atoms with Gasteiger partial charge in [-0.3, -0.25) is 0 Å². The zero-order chi connectivity index (χ0) is 19.0. The molecular weight excluding hydrogens is 394 g/mol. The van der Waals surface area contributed by atoms with E-state index in [0.717, 1.165) is 6.08 Å². The van der Waals surface area contributed by atoms with Crippen LogP contribution in [0.3, 0.4) is 0 Å². The lowest BCUT2D eigenvalue weighted by Gasteiger charge is -2.45. The molecule has 10 nitrogen and oxygen atoms in total. The molecule has 25 heavy (non-hydrogen) atoms. The van der Waals surface area contributed by atoms with Crippen molar-refractivity contribution in [3.05, 3.63) is 25.3 Å². The van der Waals surface area contributed by atoms with Crippen LogP contribution in [-0.4, -0.2) is 64.5 Å². The first-order chi connectivity index (χ1) is 11.5. The van der Waals surface area contributed by atoms with Crippen LogP contribution >= 0.6 is 0 Å². The number of sulfonamides is 2. The van der Waals surface area contributed by atoms with Gasteiger partial charge in [0.05, 0.1) is 19.2 Å². The van der Waals surface area contributed by atoms with Gasteiger partial charge in [-0.15, -0.1) is 0 Å². The number of ether oxygens (including phenoxy) is 1. The Morgan fingerprint density at radius 3 is 2.68 bits per heavy atom. The molecule has 0 saturated carbocycles. The zero-order valence-electron chi connectivity index (χ0n) is 13.8. The van der Waals surface area contributed by atoms with Crippen molar-refractivity contribution in [2.45, 2.75) is 19.4 Å². The third-order valence-corrected chi connectivity index (χ3v) is 9.83. The van der Waals surface area contributed by atoms with Crippen LogP contribution in [0.4, 0.5) is 0 Å². The number of hydrogen-bond acceptors (Lipinski definition) is 8. The molecule has 13 heteroatoms. The molecule has 3 unspecified atom stereocenters. The molecule has 0 saturated heterocycles. The lowest BCUT2D eigenvalue weighted by molar-refractivity contribution is -0.754. The molecule has 0 radical (unpaired) electrons. The first kappa shape index (κ1) is 20.6. The number of likely N-dealkylation sites (N-methyl/N-ethyl adjacent to an activating group) is 1. The van der Waals surface area contributed by atoms with Crippen molar-refractivity contribution in [3.8, 4) is 0 Å². The highest BCUT2D eigenvalue weighted by atomic mass is 32.3. The van der Waals surface area contributed by atoms with Crippen molar-refractivity contribution in [2.24, 2.45) is 5.14 Å². The predicted octanol–water partition coefficient (Wildman–Crippen LogP) is -1.24. The van der Waals surface area contributed by atoms with Crippen LogP contribution in [0, 0.1) is 5.21 Å². The van der Waals surface area contributed by atoms with Gasteiger partial charge in [0.15, 0.2) is 8.47 Å². The number of rotatable bonds is 7. The normalized spacial score (nSPS) is 31.8. The van der Waals surface area contributed by atoms with E-state index >= 15 is 0 Å². The van der Waals surface area contributed by atoms with Crippen LogP contribution in [0.1, 0.15) is 13.3 Å². The summed E-state index contributed by atoms with van der Waals surface area (Å²) in [5, 5.41) is 21.0. The molecule has 0 amide bonds. The summed E-state index contributed by atoms with van der Waals surface area (Å²) < 4.78 is 63.2. The fourth-order valence-electron chi connectivity index (χ4n) is 2.82. The monoisotopic (exact) mass is 415 g/mol. The molecule has 0 fully saturated rings. The summed E-state index contributed by atoms with van der Waals surface area (Å²) in [6.07, 6.45) is 1.19. The van der Waals surface area contributed by atoms with E-state index in [2.05, 4.69) is 5.32 Å². The molecular formula is C12H21N3O7S3. The molecule has 2 heterocycles. The van der Waals surface area contributed by atoms with Gasteiger partial charge in [-0.2, -0.15) is 8.42 Å². The second-order valence-electron chi connectivity index (χ2n) is 5.67. The highest BCUT2D eigenvalue weighted by molar-refractivity contribution is 8.19. The Hall–Kier alpha value is -0.670. The fourth-order valence-corrected chi connectivity index (χ4v) is 8.15. The maximum absolute atomic E-state index is 13.1. The molecule has 144 valence electrons. The number of hydrogen-bond donors (Lipinski definition) is 2. The highest BCUT2D eigenvalue weighted by Gasteiger charge is 2.53. The van der Waals surface area contributed by atoms with Gasteiger partial charge in [0, 0.05) is 19.1 Å². The third-order valence-electron chi connectivity index (χ3n) is 3.95. The Balaban J connectivity index is 2.55. The number of nitrogens with one attached hydrogen (secondary N) is 1. The molecule has 2 rings (SSSR count). The lowest BCUT2D eigenvalue weighted by atomic mass is 10.1. The van der Waals surface area contributed by atoms with E-state index in [4.69, 9.17) is 9.88 Å². The van der Waals surface area contributed by atoms with Crippen molar-refractivity contribution in [3.63, 3.8) is 0 Å². The molecule has 2 aliphatic heterocycles. The molecule has 0 spiro atoms. The average Bonchev–Trinajstić information content (AvgIpc) is 2.84. The Kier molecular flexibility index (Phi) is 5.90. The zero-order valence-corrected chi connectivity index (χ0v) is 16.2. The van der Waals surface area contributed by atoms with Crippen LogP contribution in [0.25, 0.3) is 0 Å². The number of hydroxylamine groups is 2. The minimum absolute atomic E-state index is 0.0283. The van der Waals surface area contributed by atoms with Crippen LogP contribution in [-0.2, 0) is 35.6 Å². The molecule has 2 aliphatic rings. The van der Waals surface area contributed by atoms with Gasteiger partial charge in [0.2, 0.25) is 10.0 Å². The molecule has 0 bridgehead atoms. The van der Waals surface area contributed by atoms with E-state index in [1.54, 1.807) is 6.92 Å². The van der Waals surface area contributed by atoms with Gasteiger partial charge in [0.1, 0.15) is 17.3 Å². The van der Waals surface area contributed by atoms with Crippen molar-refractivity contribution < 1.29 is 29.8 Å².